The van der Waals surface area contributed by atoms with Gasteiger partial charge in [-0.05, 0) is 71.8 Å². The molecule has 0 saturated carbocycles. The van der Waals surface area contributed by atoms with E-state index in [-0.39, 0.29) is 0 Å². The first-order valence-corrected chi connectivity index (χ1v) is 7.11. The largest absolute Gasteiger partial charge is 0.329 e. The molecule has 0 saturated heterocycles. The van der Waals surface area contributed by atoms with Crippen LogP contribution in [0.3, 0.4) is 0 Å². The van der Waals surface area contributed by atoms with Crippen molar-refractivity contribution in [3.63, 3.8) is 0 Å². The van der Waals surface area contributed by atoms with Crippen LogP contribution in [-0.4, -0.2) is 14.5 Å². The van der Waals surface area contributed by atoms with Crippen molar-refractivity contribution in [2.45, 2.75) is 13.8 Å². The third-order valence-electron chi connectivity index (χ3n) is 3.01. The molecule has 0 amide bonds. The van der Waals surface area contributed by atoms with E-state index in [1.807, 2.05) is 29.7 Å². The Morgan fingerprint density at radius 2 is 2.00 bits per heavy atom. The summed E-state index contributed by atoms with van der Waals surface area (Å²) in [5, 5.41) is 0. The van der Waals surface area contributed by atoms with Crippen molar-refractivity contribution in [2.75, 3.05) is 0 Å². The van der Waals surface area contributed by atoms with Gasteiger partial charge in [-0.3, -0.25) is 4.57 Å². The van der Waals surface area contributed by atoms with Gasteiger partial charge in [0.1, 0.15) is 0 Å². The van der Waals surface area contributed by atoms with Gasteiger partial charge in [-0.2, -0.15) is 0 Å². The van der Waals surface area contributed by atoms with E-state index in [0.717, 1.165) is 27.0 Å². The van der Waals surface area contributed by atoms with Crippen LogP contribution in [-0.2, 0) is 0 Å². The Balaban J connectivity index is 2.42. The average Bonchev–Trinajstić information content (AvgIpc) is 2.68. The summed E-state index contributed by atoms with van der Waals surface area (Å²) in [6, 6.07) is 10.2. The van der Waals surface area contributed by atoms with Crippen LogP contribution < -0.4 is 0 Å². The lowest BCUT2D eigenvalue weighted by Crippen LogP contribution is -1.98. The maximum Gasteiger partial charge on any atom is 0.184 e. The lowest BCUT2D eigenvalue weighted by Gasteiger charge is -2.08. The number of benzene rings is 1. The number of nitrogens with zero attached hydrogens (tertiary/aromatic N) is 2. The molecule has 0 unspecified atom stereocenters. The highest BCUT2D eigenvalue weighted by Gasteiger charge is 2.11. The van der Waals surface area contributed by atoms with Crippen molar-refractivity contribution in [1.29, 1.82) is 0 Å². The summed E-state index contributed by atoms with van der Waals surface area (Å²) in [6.45, 7) is 4.04. The molecule has 0 radical (unpaired) electrons. The van der Waals surface area contributed by atoms with Gasteiger partial charge in [-0.1, -0.05) is 6.07 Å². The SMILES string of the molecule is Cc1ccc(Br)c(-n2c(=S)[nH]c3ccc(C)nc32)c1. The Kier molecular flexibility index (Phi) is 3.03. The number of halogens is 1. The summed E-state index contributed by atoms with van der Waals surface area (Å²) in [5.41, 5.74) is 4.97. The third-order valence-corrected chi connectivity index (χ3v) is 3.97. The van der Waals surface area contributed by atoms with Gasteiger partial charge in [0.05, 0.1) is 11.2 Å². The van der Waals surface area contributed by atoms with Gasteiger partial charge in [-0.25, -0.2) is 4.98 Å². The van der Waals surface area contributed by atoms with Crippen molar-refractivity contribution in [1.82, 2.24) is 14.5 Å². The molecule has 96 valence electrons. The quantitative estimate of drug-likeness (QED) is 0.667. The molecule has 0 spiro atoms. The van der Waals surface area contributed by atoms with E-state index in [4.69, 9.17) is 12.2 Å². The van der Waals surface area contributed by atoms with Crippen LogP contribution in [0, 0.1) is 18.6 Å². The predicted molar refractivity (Wildman–Crippen MR) is 83.4 cm³/mol. The Morgan fingerprint density at radius 1 is 1.21 bits per heavy atom. The van der Waals surface area contributed by atoms with Crippen molar-refractivity contribution < 1.29 is 0 Å². The molecule has 0 fully saturated rings. The maximum absolute atomic E-state index is 5.43. The minimum absolute atomic E-state index is 0.652. The van der Waals surface area contributed by atoms with Crippen molar-refractivity contribution in [3.8, 4) is 5.69 Å². The fraction of sp³-hybridized carbons (Fsp3) is 0.143. The van der Waals surface area contributed by atoms with E-state index < -0.39 is 0 Å². The highest BCUT2D eigenvalue weighted by Crippen LogP contribution is 2.26. The molecule has 3 nitrogen and oxygen atoms in total. The van der Waals surface area contributed by atoms with Crippen LogP contribution in [0.4, 0.5) is 0 Å². The Bertz CT molecular complexity index is 832. The van der Waals surface area contributed by atoms with Crippen LogP contribution in [0.15, 0.2) is 34.8 Å². The Hall–Kier alpha value is -1.46. The molecule has 0 atom stereocenters. The molecule has 1 N–H and O–H groups in total. The number of pyridine rings is 1. The van der Waals surface area contributed by atoms with Gasteiger partial charge in [0.25, 0.3) is 0 Å². The summed E-state index contributed by atoms with van der Waals surface area (Å²) < 4.78 is 3.62. The zero-order chi connectivity index (χ0) is 13.6. The van der Waals surface area contributed by atoms with Crippen molar-refractivity contribution in [2.24, 2.45) is 0 Å². The second-order valence-electron chi connectivity index (χ2n) is 4.54. The maximum atomic E-state index is 5.43. The fourth-order valence-corrected chi connectivity index (χ4v) is 2.81. The lowest BCUT2D eigenvalue weighted by molar-refractivity contribution is 1.03. The van der Waals surface area contributed by atoms with E-state index in [0.29, 0.717) is 4.77 Å². The topological polar surface area (TPSA) is 33.6 Å². The smallest absolute Gasteiger partial charge is 0.184 e. The number of rotatable bonds is 1. The number of hydrogen-bond donors (Lipinski definition) is 1. The first-order chi connectivity index (χ1) is 9.06. The van der Waals surface area contributed by atoms with E-state index in [2.05, 4.69) is 45.0 Å². The van der Waals surface area contributed by atoms with Crippen LogP contribution in [0.1, 0.15) is 11.3 Å². The van der Waals surface area contributed by atoms with Crippen LogP contribution in [0.2, 0.25) is 0 Å². The lowest BCUT2D eigenvalue weighted by atomic mass is 10.2. The standard InChI is InChI=1S/C14H12BrN3S/c1-8-3-5-10(15)12(7-8)18-13-11(17-14(18)19)6-4-9(2)16-13/h3-7H,1-2H3,(H,17,19). The number of nitrogens with one attached hydrogen (secondary N) is 1. The van der Waals surface area contributed by atoms with Crippen LogP contribution >= 0.6 is 28.1 Å². The molecule has 1 aromatic carbocycles. The van der Waals surface area contributed by atoms with Crippen LogP contribution in [0.25, 0.3) is 16.9 Å². The Morgan fingerprint density at radius 3 is 2.79 bits per heavy atom. The molecule has 19 heavy (non-hydrogen) atoms. The minimum Gasteiger partial charge on any atom is -0.329 e. The second kappa shape index (κ2) is 4.58. The molecule has 0 aliphatic rings. The minimum atomic E-state index is 0.652. The number of H-pyrrole nitrogens is 1. The molecule has 2 aromatic heterocycles. The summed E-state index contributed by atoms with van der Waals surface area (Å²) in [4.78, 5) is 7.78. The van der Waals surface area contributed by atoms with E-state index in [9.17, 15) is 0 Å². The average molecular weight is 334 g/mol. The summed E-state index contributed by atoms with van der Waals surface area (Å²) in [5.74, 6) is 0. The van der Waals surface area contributed by atoms with E-state index >= 15 is 0 Å². The molecular weight excluding hydrogens is 322 g/mol. The number of fused-ring (bicyclic) bond motifs is 1. The van der Waals surface area contributed by atoms with E-state index in [1.165, 1.54) is 5.56 Å². The molecule has 3 aromatic rings. The number of hydrogen-bond acceptors (Lipinski definition) is 2. The van der Waals surface area contributed by atoms with Gasteiger partial charge in [0.2, 0.25) is 0 Å². The molecule has 0 aliphatic carbocycles. The highest BCUT2D eigenvalue weighted by molar-refractivity contribution is 9.10. The zero-order valence-electron chi connectivity index (χ0n) is 10.6. The molecule has 0 aliphatic heterocycles. The summed E-state index contributed by atoms with van der Waals surface area (Å²) in [6.07, 6.45) is 0. The van der Waals surface area contributed by atoms with E-state index in [1.54, 1.807) is 0 Å². The van der Waals surface area contributed by atoms with Crippen molar-refractivity contribution >= 4 is 39.3 Å². The summed E-state index contributed by atoms with van der Waals surface area (Å²) in [7, 11) is 0. The van der Waals surface area contributed by atoms with Crippen LogP contribution in [0.5, 0.6) is 0 Å². The molecule has 0 bridgehead atoms. The molecule has 5 heteroatoms. The van der Waals surface area contributed by atoms with Gasteiger partial charge in [0.15, 0.2) is 10.4 Å². The fourth-order valence-electron chi connectivity index (χ4n) is 2.10. The summed E-state index contributed by atoms with van der Waals surface area (Å²) >= 11 is 9.01. The third kappa shape index (κ3) is 2.13. The number of aryl methyl sites for hydroxylation is 2. The normalized spacial score (nSPS) is 11.1. The molecular formula is C14H12BrN3S. The number of imidazole rings is 1. The monoisotopic (exact) mass is 333 g/mol. The zero-order valence-corrected chi connectivity index (χ0v) is 13.0. The second-order valence-corrected chi connectivity index (χ2v) is 5.79. The van der Waals surface area contributed by atoms with Gasteiger partial charge in [0, 0.05) is 10.2 Å². The number of aromatic nitrogens is 3. The van der Waals surface area contributed by atoms with Gasteiger partial charge < -0.3 is 4.98 Å². The van der Waals surface area contributed by atoms with Crippen molar-refractivity contribution in [3.05, 3.63) is 50.8 Å². The number of aromatic amines is 1. The van der Waals surface area contributed by atoms with Gasteiger partial charge >= 0.3 is 0 Å². The van der Waals surface area contributed by atoms with Gasteiger partial charge in [-0.15, -0.1) is 0 Å². The molecule has 2 heterocycles. The Labute approximate surface area is 124 Å². The first-order valence-electron chi connectivity index (χ1n) is 5.91. The first kappa shape index (κ1) is 12.6. The predicted octanol–water partition coefficient (Wildman–Crippen LogP) is 4.46. The highest BCUT2D eigenvalue weighted by atomic mass is 79.9. The molecule has 3 rings (SSSR count).